The van der Waals surface area contributed by atoms with Gasteiger partial charge in [-0.15, -0.1) is 0 Å². The lowest BCUT2D eigenvalue weighted by Gasteiger charge is -2.39. The van der Waals surface area contributed by atoms with Gasteiger partial charge in [-0.05, 0) is 31.6 Å². The summed E-state index contributed by atoms with van der Waals surface area (Å²) in [4.78, 5) is 14.1. The van der Waals surface area contributed by atoms with Crippen LogP contribution in [0.1, 0.15) is 39.0 Å². The smallest absolute Gasteiger partial charge is 0.229 e. The highest BCUT2D eigenvalue weighted by Gasteiger charge is 2.41. The molecule has 0 unspecified atom stereocenters. The third kappa shape index (κ3) is 3.19. The first kappa shape index (κ1) is 14.0. The summed E-state index contributed by atoms with van der Waals surface area (Å²) in [5.74, 6) is 0.828. The molecule has 17 heavy (non-hydrogen) atoms. The number of nitrogens with zero attached hydrogens (tertiary/aromatic N) is 2. The molecule has 0 aromatic carbocycles. The molecule has 0 spiro atoms. The average molecular weight is 237 g/mol. The summed E-state index contributed by atoms with van der Waals surface area (Å²) in [7, 11) is 1.77. The maximum absolute atomic E-state index is 12.4. The predicted octanol–water partition coefficient (Wildman–Crippen LogP) is 1.51. The summed E-state index contributed by atoms with van der Waals surface area (Å²) >= 11 is 0. The molecular formula is C13H23N3O. The Morgan fingerprint density at radius 2 is 2.12 bits per heavy atom. The van der Waals surface area contributed by atoms with Crippen molar-refractivity contribution in [3.05, 3.63) is 0 Å². The zero-order valence-electron chi connectivity index (χ0n) is 10.9. The van der Waals surface area contributed by atoms with Gasteiger partial charge >= 0.3 is 0 Å². The molecule has 0 aliphatic heterocycles. The molecule has 4 heteroatoms. The largest absolute Gasteiger partial charge is 0.344 e. The van der Waals surface area contributed by atoms with E-state index in [2.05, 4.69) is 13.0 Å². The van der Waals surface area contributed by atoms with E-state index in [9.17, 15) is 4.79 Å². The van der Waals surface area contributed by atoms with E-state index in [0.29, 0.717) is 25.4 Å². The molecule has 96 valence electrons. The molecule has 0 heterocycles. The second kappa shape index (κ2) is 6.02. The van der Waals surface area contributed by atoms with Gasteiger partial charge < -0.3 is 10.6 Å². The van der Waals surface area contributed by atoms with Crippen molar-refractivity contribution in [3.8, 4) is 6.07 Å². The lowest BCUT2D eigenvalue weighted by molar-refractivity contribution is -0.142. The van der Waals surface area contributed by atoms with Gasteiger partial charge in [0.15, 0.2) is 0 Å². The van der Waals surface area contributed by atoms with E-state index >= 15 is 0 Å². The number of nitriles is 1. The van der Waals surface area contributed by atoms with E-state index in [4.69, 9.17) is 11.0 Å². The van der Waals surface area contributed by atoms with Crippen LogP contribution in [0.15, 0.2) is 0 Å². The van der Waals surface area contributed by atoms with Crippen molar-refractivity contribution in [2.75, 3.05) is 20.1 Å². The first-order valence-electron chi connectivity index (χ1n) is 6.38. The number of hydrogen-bond donors (Lipinski definition) is 1. The SMILES string of the molecule is CC1CCC(CN)(C(=O)N(C)CCC#N)CC1. The van der Waals surface area contributed by atoms with Gasteiger partial charge in [-0.2, -0.15) is 5.26 Å². The molecule has 1 fully saturated rings. The highest BCUT2D eigenvalue weighted by Crippen LogP contribution is 2.39. The summed E-state index contributed by atoms with van der Waals surface area (Å²) < 4.78 is 0. The van der Waals surface area contributed by atoms with Crippen LogP contribution in [0, 0.1) is 22.7 Å². The van der Waals surface area contributed by atoms with Crippen LogP contribution in [0.3, 0.4) is 0 Å². The van der Waals surface area contributed by atoms with E-state index in [1.807, 2.05) is 0 Å². The molecule has 2 N–H and O–H groups in total. The maximum atomic E-state index is 12.4. The fourth-order valence-corrected chi connectivity index (χ4v) is 2.54. The monoisotopic (exact) mass is 237 g/mol. The maximum Gasteiger partial charge on any atom is 0.229 e. The first-order chi connectivity index (χ1) is 8.05. The molecule has 0 bridgehead atoms. The number of carbonyl (C=O) groups excluding carboxylic acids is 1. The zero-order chi connectivity index (χ0) is 12.9. The topological polar surface area (TPSA) is 70.1 Å². The highest BCUT2D eigenvalue weighted by molar-refractivity contribution is 5.83. The van der Waals surface area contributed by atoms with Crippen molar-refractivity contribution >= 4 is 5.91 Å². The van der Waals surface area contributed by atoms with Crippen molar-refractivity contribution in [2.24, 2.45) is 17.1 Å². The van der Waals surface area contributed by atoms with Gasteiger partial charge in [-0.25, -0.2) is 0 Å². The Morgan fingerprint density at radius 1 is 1.53 bits per heavy atom. The molecule has 0 aromatic heterocycles. The van der Waals surface area contributed by atoms with E-state index in [-0.39, 0.29) is 11.3 Å². The van der Waals surface area contributed by atoms with Gasteiger partial charge in [0, 0.05) is 20.1 Å². The molecule has 1 amide bonds. The normalized spacial score (nSPS) is 28.5. The van der Waals surface area contributed by atoms with E-state index in [0.717, 1.165) is 25.7 Å². The zero-order valence-corrected chi connectivity index (χ0v) is 10.9. The Kier molecular flexibility index (Phi) is 4.95. The van der Waals surface area contributed by atoms with Gasteiger partial charge in [-0.1, -0.05) is 6.92 Å². The van der Waals surface area contributed by atoms with Crippen molar-refractivity contribution < 1.29 is 4.79 Å². The lowest BCUT2D eigenvalue weighted by Crippen LogP contribution is -2.48. The molecule has 4 nitrogen and oxygen atoms in total. The Hall–Kier alpha value is -1.08. The number of nitrogens with two attached hydrogens (primary N) is 1. The van der Waals surface area contributed by atoms with E-state index < -0.39 is 0 Å². The Balaban J connectivity index is 2.66. The Labute approximate surface area is 104 Å². The third-order valence-electron chi connectivity index (χ3n) is 3.98. The number of carbonyl (C=O) groups is 1. The molecule has 1 aliphatic carbocycles. The molecule has 1 saturated carbocycles. The van der Waals surface area contributed by atoms with Gasteiger partial charge in [-0.3, -0.25) is 4.79 Å². The van der Waals surface area contributed by atoms with Crippen molar-refractivity contribution in [1.29, 1.82) is 5.26 Å². The summed E-state index contributed by atoms with van der Waals surface area (Å²) in [5.41, 5.74) is 5.47. The van der Waals surface area contributed by atoms with Gasteiger partial charge in [0.2, 0.25) is 5.91 Å². The third-order valence-corrected chi connectivity index (χ3v) is 3.98. The second-order valence-corrected chi connectivity index (χ2v) is 5.30. The summed E-state index contributed by atoms with van der Waals surface area (Å²) in [5, 5.41) is 8.55. The van der Waals surface area contributed by atoms with Gasteiger partial charge in [0.1, 0.15) is 0 Å². The van der Waals surface area contributed by atoms with Crippen LogP contribution < -0.4 is 5.73 Å². The number of hydrogen-bond acceptors (Lipinski definition) is 3. The molecule has 0 atom stereocenters. The van der Waals surface area contributed by atoms with Crippen molar-refractivity contribution in [2.45, 2.75) is 39.0 Å². The van der Waals surface area contributed by atoms with Gasteiger partial charge in [0.05, 0.1) is 17.9 Å². The van der Waals surface area contributed by atoms with Crippen LogP contribution in [0.4, 0.5) is 0 Å². The molecule has 1 aliphatic rings. The van der Waals surface area contributed by atoms with Crippen LogP contribution in [0.25, 0.3) is 0 Å². The fraction of sp³-hybridized carbons (Fsp3) is 0.846. The van der Waals surface area contributed by atoms with Crippen LogP contribution in [0.5, 0.6) is 0 Å². The predicted molar refractivity (Wildman–Crippen MR) is 67.0 cm³/mol. The van der Waals surface area contributed by atoms with Crippen LogP contribution in [-0.4, -0.2) is 30.9 Å². The summed E-state index contributed by atoms with van der Waals surface area (Å²) in [6.07, 6.45) is 4.32. The minimum atomic E-state index is -0.364. The standard InChI is InChI=1S/C13H23N3O/c1-11-4-6-13(10-15,7-5-11)12(17)16(2)9-3-8-14/h11H,3-7,9-10,15H2,1-2H3. The number of amides is 1. The lowest BCUT2D eigenvalue weighted by atomic mass is 9.70. The van der Waals surface area contributed by atoms with Crippen LogP contribution in [0.2, 0.25) is 0 Å². The Bertz CT molecular complexity index is 300. The van der Waals surface area contributed by atoms with Crippen LogP contribution >= 0.6 is 0 Å². The van der Waals surface area contributed by atoms with Gasteiger partial charge in [0.25, 0.3) is 0 Å². The van der Waals surface area contributed by atoms with Crippen molar-refractivity contribution in [3.63, 3.8) is 0 Å². The quantitative estimate of drug-likeness (QED) is 0.805. The molecule has 0 radical (unpaired) electrons. The summed E-state index contributed by atoms with van der Waals surface area (Å²) in [6.45, 7) is 3.16. The Morgan fingerprint density at radius 3 is 2.59 bits per heavy atom. The molecule has 1 rings (SSSR count). The second-order valence-electron chi connectivity index (χ2n) is 5.30. The molecular weight excluding hydrogens is 214 g/mol. The average Bonchev–Trinajstić information content (AvgIpc) is 2.36. The first-order valence-corrected chi connectivity index (χ1v) is 6.38. The fourth-order valence-electron chi connectivity index (χ4n) is 2.54. The highest BCUT2D eigenvalue weighted by atomic mass is 16.2. The van der Waals surface area contributed by atoms with E-state index in [1.54, 1.807) is 11.9 Å². The van der Waals surface area contributed by atoms with E-state index in [1.165, 1.54) is 0 Å². The minimum absolute atomic E-state index is 0.127. The minimum Gasteiger partial charge on any atom is -0.344 e. The number of rotatable bonds is 4. The molecule has 0 saturated heterocycles. The van der Waals surface area contributed by atoms with Crippen molar-refractivity contribution in [1.82, 2.24) is 4.90 Å². The summed E-state index contributed by atoms with van der Waals surface area (Å²) in [6, 6.07) is 2.07. The van der Waals surface area contributed by atoms with Crippen LogP contribution in [-0.2, 0) is 4.79 Å². The molecule has 0 aromatic rings.